The smallest absolute Gasteiger partial charge is 0.170 e. The maximum absolute atomic E-state index is 9.21. The maximum Gasteiger partial charge on any atom is 0.170 e. The summed E-state index contributed by atoms with van der Waals surface area (Å²) >= 11 is 3.22. The van der Waals surface area contributed by atoms with Gasteiger partial charge in [0.25, 0.3) is 0 Å². The third-order valence-corrected chi connectivity index (χ3v) is 4.83. The van der Waals surface area contributed by atoms with Crippen LogP contribution in [0.1, 0.15) is 45.4 Å². The first-order chi connectivity index (χ1) is 9.09. The van der Waals surface area contributed by atoms with Gasteiger partial charge in [0.2, 0.25) is 0 Å². The highest BCUT2D eigenvalue weighted by Crippen LogP contribution is 2.22. The van der Waals surface area contributed by atoms with E-state index in [-0.39, 0.29) is 5.54 Å². The number of nitriles is 1. The molecule has 6 heteroatoms. The van der Waals surface area contributed by atoms with Crippen molar-refractivity contribution in [2.75, 3.05) is 12.3 Å². The highest BCUT2D eigenvalue weighted by atomic mass is 32.2. The second-order valence-corrected chi connectivity index (χ2v) is 6.88. The Bertz CT molecular complexity index is 413. The number of hydrogen-bond donors (Lipinski definition) is 1. The van der Waals surface area contributed by atoms with E-state index in [1.165, 1.54) is 11.5 Å². The lowest BCUT2D eigenvalue weighted by molar-refractivity contribution is 0.406. The summed E-state index contributed by atoms with van der Waals surface area (Å²) in [7, 11) is 0. The number of nitrogens with one attached hydrogen (secondary N) is 1. The summed E-state index contributed by atoms with van der Waals surface area (Å²) in [6, 6.07) is 2.39. The molecule has 1 unspecified atom stereocenters. The van der Waals surface area contributed by atoms with Crippen LogP contribution in [-0.4, -0.2) is 27.2 Å². The zero-order valence-electron chi connectivity index (χ0n) is 11.9. The summed E-state index contributed by atoms with van der Waals surface area (Å²) < 4.78 is 5.20. The molecule has 0 aromatic carbocycles. The van der Waals surface area contributed by atoms with E-state index >= 15 is 0 Å². The molecular weight excluding hydrogens is 276 g/mol. The van der Waals surface area contributed by atoms with E-state index in [1.54, 1.807) is 11.8 Å². The van der Waals surface area contributed by atoms with Crippen molar-refractivity contribution in [1.29, 1.82) is 5.26 Å². The fraction of sp³-hybridized carbons (Fsp3) is 0.769. The van der Waals surface area contributed by atoms with Gasteiger partial charge in [0.15, 0.2) is 4.34 Å². The van der Waals surface area contributed by atoms with Crippen LogP contribution in [0.2, 0.25) is 0 Å². The number of aryl methyl sites for hydroxylation is 1. The second kappa shape index (κ2) is 8.51. The van der Waals surface area contributed by atoms with Crippen molar-refractivity contribution < 1.29 is 0 Å². The van der Waals surface area contributed by atoms with E-state index in [1.807, 2.05) is 13.8 Å². The molecule has 1 aromatic rings. The standard InChI is InChI=1S/C13H22N4S2/c1-4-8-15-13(3,10-14)7-5-6-9-18-12-16-11(2)17-19-12/h15H,4-9H2,1-3H3. The largest absolute Gasteiger partial charge is 0.300 e. The predicted octanol–water partition coefficient (Wildman–Crippen LogP) is 3.39. The molecule has 4 nitrogen and oxygen atoms in total. The lowest BCUT2D eigenvalue weighted by Crippen LogP contribution is -2.41. The summed E-state index contributed by atoms with van der Waals surface area (Å²) in [4.78, 5) is 4.32. The molecule has 106 valence electrons. The molecule has 0 radical (unpaired) electrons. The molecule has 1 aromatic heterocycles. The van der Waals surface area contributed by atoms with Crippen LogP contribution in [-0.2, 0) is 0 Å². The number of nitrogens with zero attached hydrogens (tertiary/aromatic N) is 3. The molecule has 1 atom stereocenters. The minimum Gasteiger partial charge on any atom is -0.300 e. The first kappa shape index (κ1) is 16.4. The molecule has 0 saturated heterocycles. The first-order valence-electron chi connectivity index (χ1n) is 6.69. The van der Waals surface area contributed by atoms with Gasteiger partial charge in [-0.1, -0.05) is 18.7 Å². The molecule has 0 bridgehead atoms. The Labute approximate surface area is 124 Å². The summed E-state index contributed by atoms with van der Waals surface area (Å²) in [5.74, 6) is 1.90. The summed E-state index contributed by atoms with van der Waals surface area (Å²) in [6.07, 6.45) is 4.13. The van der Waals surface area contributed by atoms with Crippen molar-refractivity contribution in [3.05, 3.63) is 5.82 Å². The van der Waals surface area contributed by atoms with E-state index in [9.17, 15) is 5.26 Å². The normalized spacial score (nSPS) is 14.0. The van der Waals surface area contributed by atoms with Gasteiger partial charge in [0, 0.05) is 5.75 Å². The average molecular weight is 298 g/mol. The second-order valence-electron chi connectivity index (χ2n) is 4.78. The topological polar surface area (TPSA) is 61.6 Å². The van der Waals surface area contributed by atoms with E-state index in [2.05, 4.69) is 27.7 Å². The van der Waals surface area contributed by atoms with Crippen LogP contribution in [0, 0.1) is 18.3 Å². The average Bonchev–Trinajstić information content (AvgIpc) is 2.82. The van der Waals surface area contributed by atoms with E-state index < -0.39 is 0 Å². The minimum atomic E-state index is -0.375. The van der Waals surface area contributed by atoms with E-state index in [0.717, 1.165) is 48.1 Å². The van der Waals surface area contributed by atoms with Crippen LogP contribution < -0.4 is 5.32 Å². The Morgan fingerprint density at radius 2 is 2.26 bits per heavy atom. The van der Waals surface area contributed by atoms with Crippen LogP contribution in [0.5, 0.6) is 0 Å². The number of thioether (sulfide) groups is 1. The monoisotopic (exact) mass is 298 g/mol. The zero-order chi connectivity index (χ0) is 14.1. The van der Waals surface area contributed by atoms with Crippen LogP contribution >= 0.6 is 23.3 Å². The number of hydrogen-bond acceptors (Lipinski definition) is 6. The summed E-state index contributed by atoms with van der Waals surface area (Å²) in [6.45, 7) is 6.93. The fourth-order valence-electron chi connectivity index (χ4n) is 1.66. The van der Waals surface area contributed by atoms with Crippen LogP contribution in [0.4, 0.5) is 0 Å². The van der Waals surface area contributed by atoms with E-state index in [4.69, 9.17) is 0 Å². The highest BCUT2D eigenvalue weighted by Gasteiger charge is 2.21. The Kier molecular flexibility index (Phi) is 7.36. The van der Waals surface area contributed by atoms with Crippen molar-refractivity contribution in [1.82, 2.24) is 14.7 Å². The van der Waals surface area contributed by atoms with Crippen molar-refractivity contribution in [3.8, 4) is 6.07 Å². The Morgan fingerprint density at radius 1 is 1.47 bits per heavy atom. The lowest BCUT2D eigenvalue weighted by Gasteiger charge is -2.22. The summed E-state index contributed by atoms with van der Waals surface area (Å²) in [5, 5.41) is 12.5. The Hall–Kier alpha value is -0.640. The molecule has 0 spiro atoms. The molecule has 0 fully saturated rings. The molecular formula is C13H22N4S2. The van der Waals surface area contributed by atoms with Gasteiger partial charge >= 0.3 is 0 Å². The Morgan fingerprint density at radius 3 is 2.84 bits per heavy atom. The molecule has 19 heavy (non-hydrogen) atoms. The number of rotatable bonds is 9. The Balaban J connectivity index is 2.17. The molecule has 0 aliphatic carbocycles. The van der Waals surface area contributed by atoms with E-state index in [0.29, 0.717) is 0 Å². The quantitative estimate of drug-likeness (QED) is 0.559. The van der Waals surface area contributed by atoms with Crippen LogP contribution in [0.25, 0.3) is 0 Å². The molecule has 1 heterocycles. The molecule has 0 amide bonds. The van der Waals surface area contributed by atoms with Crippen molar-refractivity contribution in [2.24, 2.45) is 0 Å². The third-order valence-electron chi connectivity index (χ3n) is 2.82. The van der Waals surface area contributed by atoms with Gasteiger partial charge in [-0.15, -0.1) is 0 Å². The van der Waals surface area contributed by atoms with Gasteiger partial charge in [0.05, 0.1) is 6.07 Å². The third kappa shape index (κ3) is 6.37. The lowest BCUT2D eigenvalue weighted by atomic mass is 9.96. The molecule has 1 rings (SSSR count). The zero-order valence-corrected chi connectivity index (χ0v) is 13.5. The van der Waals surface area contributed by atoms with Gasteiger partial charge in [0.1, 0.15) is 11.4 Å². The maximum atomic E-state index is 9.21. The first-order valence-corrected chi connectivity index (χ1v) is 8.45. The van der Waals surface area contributed by atoms with Crippen LogP contribution in [0.3, 0.4) is 0 Å². The van der Waals surface area contributed by atoms with Crippen molar-refractivity contribution in [2.45, 2.75) is 56.3 Å². The van der Waals surface area contributed by atoms with Gasteiger partial charge in [-0.25, -0.2) is 4.98 Å². The minimum absolute atomic E-state index is 0.375. The van der Waals surface area contributed by atoms with Crippen LogP contribution in [0.15, 0.2) is 4.34 Å². The molecule has 0 saturated carbocycles. The predicted molar refractivity (Wildman–Crippen MR) is 81.5 cm³/mol. The van der Waals surface area contributed by atoms with Crippen molar-refractivity contribution >= 4 is 23.3 Å². The SMILES string of the molecule is CCCNC(C)(C#N)CCCCSc1nc(C)ns1. The fourth-order valence-corrected chi connectivity index (χ4v) is 3.38. The number of aromatic nitrogens is 2. The number of unbranched alkanes of at least 4 members (excludes halogenated alkanes) is 1. The van der Waals surface area contributed by atoms with Gasteiger partial charge < -0.3 is 0 Å². The van der Waals surface area contributed by atoms with Gasteiger partial charge in [-0.2, -0.15) is 9.64 Å². The summed E-state index contributed by atoms with van der Waals surface area (Å²) in [5.41, 5.74) is -0.375. The molecule has 0 aliphatic rings. The molecule has 1 N–H and O–H groups in total. The van der Waals surface area contributed by atoms with Crippen molar-refractivity contribution in [3.63, 3.8) is 0 Å². The highest BCUT2D eigenvalue weighted by molar-refractivity contribution is 8.00. The molecule has 0 aliphatic heterocycles. The van der Waals surface area contributed by atoms with Gasteiger partial charge in [-0.05, 0) is 57.6 Å². The van der Waals surface area contributed by atoms with Gasteiger partial charge in [-0.3, -0.25) is 5.32 Å².